The zero-order valence-corrected chi connectivity index (χ0v) is 10.8. The quantitative estimate of drug-likeness (QED) is 0.825. The van der Waals surface area contributed by atoms with Crippen molar-refractivity contribution in [2.45, 2.75) is 25.7 Å². The molecule has 0 radical (unpaired) electrons. The van der Waals surface area contributed by atoms with Crippen LogP contribution in [0, 0.1) is 11.8 Å². The lowest BCUT2D eigenvalue weighted by molar-refractivity contribution is -0.122. The molecule has 0 aromatic carbocycles. The van der Waals surface area contributed by atoms with E-state index >= 15 is 0 Å². The molecule has 1 aromatic heterocycles. The third kappa shape index (κ3) is 1.88. The monoisotopic (exact) mass is 274 g/mol. The van der Waals surface area contributed by atoms with E-state index < -0.39 is 5.97 Å². The first-order valence-electron chi connectivity index (χ1n) is 6.66. The number of imide groups is 1. The van der Waals surface area contributed by atoms with E-state index in [1.165, 1.54) is 18.5 Å². The van der Waals surface area contributed by atoms with Crippen LogP contribution >= 0.6 is 0 Å². The standard InChI is InChI=1S/C14H14N2O4/c17-12-10-3-1-2-4-11(10)13(18)16(12)9-5-8(14(19)20)6-15-7-9/h5-7,10-11H,1-4H2,(H,19,20). The maximum Gasteiger partial charge on any atom is 0.337 e. The van der Waals surface area contributed by atoms with E-state index in [1.54, 1.807) is 0 Å². The summed E-state index contributed by atoms with van der Waals surface area (Å²) in [6, 6.07) is 1.32. The Morgan fingerprint density at radius 2 is 1.75 bits per heavy atom. The summed E-state index contributed by atoms with van der Waals surface area (Å²) in [5, 5.41) is 8.96. The number of hydrogen-bond donors (Lipinski definition) is 1. The van der Waals surface area contributed by atoms with E-state index in [0.717, 1.165) is 30.6 Å². The van der Waals surface area contributed by atoms with E-state index in [0.29, 0.717) is 0 Å². The first kappa shape index (κ1) is 12.8. The summed E-state index contributed by atoms with van der Waals surface area (Å²) in [6.45, 7) is 0. The number of aromatic nitrogens is 1. The number of hydrogen-bond acceptors (Lipinski definition) is 4. The van der Waals surface area contributed by atoms with Crippen LogP contribution in [0.4, 0.5) is 5.69 Å². The zero-order chi connectivity index (χ0) is 14.3. The van der Waals surface area contributed by atoms with Crippen molar-refractivity contribution in [3.8, 4) is 0 Å². The van der Waals surface area contributed by atoms with Crippen molar-refractivity contribution in [3.63, 3.8) is 0 Å². The Kier molecular flexibility index (Phi) is 3.00. The summed E-state index contributed by atoms with van der Waals surface area (Å²) in [6.07, 6.45) is 5.95. The number of fused-ring (bicyclic) bond motifs is 1. The van der Waals surface area contributed by atoms with Crippen LogP contribution in [-0.2, 0) is 9.59 Å². The minimum Gasteiger partial charge on any atom is -0.478 e. The van der Waals surface area contributed by atoms with Crippen LogP contribution in [0.25, 0.3) is 0 Å². The van der Waals surface area contributed by atoms with Gasteiger partial charge in [-0.25, -0.2) is 9.69 Å². The van der Waals surface area contributed by atoms with Crippen molar-refractivity contribution in [1.29, 1.82) is 0 Å². The molecular weight excluding hydrogens is 260 g/mol. The smallest absolute Gasteiger partial charge is 0.337 e. The average Bonchev–Trinajstić information content (AvgIpc) is 2.72. The molecule has 0 spiro atoms. The number of carbonyl (C=O) groups excluding carboxylic acids is 2. The van der Waals surface area contributed by atoms with Crippen LogP contribution in [-0.4, -0.2) is 27.9 Å². The Balaban J connectivity index is 1.97. The summed E-state index contributed by atoms with van der Waals surface area (Å²) in [4.78, 5) is 40.6. The van der Waals surface area contributed by atoms with Gasteiger partial charge >= 0.3 is 5.97 Å². The molecule has 1 aliphatic heterocycles. The maximum absolute atomic E-state index is 12.4. The zero-order valence-electron chi connectivity index (χ0n) is 10.8. The fourth-order valence-corrected chi connectivity index (χ4v) is 3.08. The van der Waals surface area contributed by atoms with E-state index in [-0.39, 0.29) is 34.9 Å². The van der Waals surface area contributed by atoms with Gasteiger partial charge in [0.25, 0.3) is 0 Å². The maximum atomic E-state index is 12.4. The van der Waals surface area contributed by atoms with Gasteiger partial charge in [0.05, 0.1) is 29.3 Å². The van der Waals surface area contributed by atoms with Crippen LogP contribution in [0.1, 0.15) is 36.0 Å². The van der Waals surface area contributed by atoms with Gasteiger partial charge in [-0.3, -0.25) is 14.6 Å². The number of carboxylic acid groups (broad SMARTS) is 1. The third-order valence-corrected chi connectivity index (χ3v) is 4.07. The van der Waals surface area contributed by atoms with E-state index in [1.807, 2.05) is 0 Å². The number of carboxylic acids is 1. The van der Waals surface area contributed by atoms with E-state index in [4.69, 9.17) is 5.11 Å². The lowest BCUT2D eigenvalue weighted by atomic mass is 9.81. The van der Waals surface area contributed by atoms with Crippen LogP contribution in [0.3, 0.4) is 0 Å². The number of anilines is 1. The predicted molar refractivity (Wildman–Crippen MR) is 69.1 cm³/mol. The number of rotatable bonds is 2. The minimum absolute atomic E-state index is 0.0297. The first-order chi connectivity index (χ1) is 9.59. The number of amides is 2. The molecule has 6 nitrogen and oxygen atoms in total. The van der Waals surface area contributed by atoms with Gasteiger partial charge in [-0.2, -0.15) is 0 Å². The molecule has 1 saturated heterocycles. The molecule has 2 atom stereocenters. The van der Waals surface area contributed by atoms with Crippen molar-refractivity contribution in [2.24, 2.45) is 11.8 Å². The van der Waals surface area contributed by atoms with E-state index in [9.17, 15) is 14.4 Å². The molecule has 3 rings (SSSR count). The SMILES string of the molecule is O=C(O)c1cncc(N2C(=O)C3CCCCC3C2=O)c1. The van der Waals surface area contributed by atoms with Gasteiger partial charge in [-0.1, -0.05) is 12.8 Å². The van der Waals surface area contributed by atoms with E-state index in [2.05, 4.69) is 4.98 Å². The minimum atomic E-state index is -1.13. The second-order valence-electron chi connectivity index (χ2n) is 5.25. The Labute approximate surface area is 115 Å². The Bertz CT molecular complexity index is 575. The lowest BCUT2D eigenvalue weighted by Crippen LogP contribution is -2.31. The number of nitrogens with zero attached hydrogens (tertiary/aromatic N) is 2. The summed E-state index contributed by atoms with van der Waals surface area (Å²) in [5.41, 5.74) is 0.229. The van der Waals surface area contributed by atoms with Crippen molar-refractivity contribution in [2.75, 3.05) is 4.90 Å². The molecule has 1 N–H and O–H groups in total. The average molecular weight is 274 g/mol. The Hall–Kier alpha value is -2.24. The highest BCUT2D eigenvalue weighted by Gasteiger charge is 2.48. The predicted octanol–water partition coefficient (Wildman–Crippen LogP) is 1.46. The van der Waals surface area contributed by atoms with Gasteiger partial charge in [0.2, 0.25) is 11.8 Å². The Morgan fingerprint density at radius 3 is 2.30 bits per heavy atom. The van der Waals surface area contributed by atoms with Gasteiger partial charge in [0, 0.05) is 6.20 Å². The lowest BCUT2D eigenvalue weighted by Gasteiger charge is -2.19. The van der Waals surface area contributed by atoms with Crippen LogP contribution in [0.15, 0.2) is 18.5 Å². The molecule has 0 bridgehead atoms. The molecule has 2 unspecified atom stereocenters. The van der Waals surface area contributed by atoms with Crippen molar-refractivity contribution in [1.82, 2.24) is 4.98 Å². The summed E-state index contributed by atoms with van der Waals surface area (Å²) in [5.74, 6) is -2.06. The first-order valence-corrected chi connectivity index (χ1v) is 6.66. The van der Waals surface area contributed by atoms with Crippen LogP contribution < -0.4 is 4.90 Å². The fourth-order valence-electron chi connectivity index (χ4n) is 3.08. The highest BCUT2D eigenvalue weighted by molar-refractivity contribution is 6.22. The highest BCUT2D eigenvalue weighted by atomic mass is 16.4. The summed E-state index contributed by atoms with van der Waals surface area (Å²) >= 11 is 0. The van der Waals surface area contributed by atoms with Gasteiger partial charge in [-0.15, -0.1) is 0 Å². The third-order valence-electron chi connectivity index (χ3n) is 4.07. The molecule has 2 heterocycles. The number of pyridine rings is 1. The van der Waals surface area contributed by atoms with Gasteiger partial charge in [0.15, 0.2) is 0 Å². The molecular formula is C14H14N2O4. The molecule has 1 aromatic rings. The summed E-state index contributed by atoms with van der Waals surface area (Å²) in [7, 11) is 0. The van der Waals surface area contributed by atoms with Crippen molar-refractivity contribution in [3.05, 3.63) is 24.0 Å². The second kappa shape index (κ2) is 4.70. The largest absolute Gasteiger partial charge is 0.478 e. The fraction of sp³-hybridized carbons (Fsp3) is 0.429. The molecule has 1 aliphatic carbocycles. The van der Waals surface area contributed by atoms with Gasteiger partial charge < -0.3 is 5.11 Å². The van der Waals surface area contributed by atoms with Crippen molar-refractivity contribution < 1.29 is 19.5 Å². The second-order valence-corrected chi connectivity index (χ2v) is 5.25. The van der Waals surface area contributed by atoms with Crippen LogP contribution in [0.5, 0.6) is 0 Å². The van der Waals surface area contributed by atoms with Crippen molar-refractivity contribution >= 4 is 23.5 Å². The summed E-state index contributed by atoms with van der Waals surface area (Å²) < 4.78 is 0. The molecule has 2 aliphatic rings. The molecule has 6 heteroatoms. The van der Waals surface area contributed by atoms with Gasteiger partial charge in [-0.05, 0) is 18.9 Å². The molecule has 2 fully saturated rings. The van der Waals surface area contributed by atoms with Gasteiger partial charge in [0.1, 0.15) is 0 Å². The normalized spacial score (nSPS) is 25.7. The molecule has 104 valence electrons. The number of aromatic carboxylic acids is 1. The number of carbonyl (C=O) groups is 3. The topological polar surface area (TPSA) is 87.6 Å². The Morgan fingerprint density at radius 1 is 1.15 bits per heavy atom. The molecule has 1 saturated carbocycles. The molecule has 2 amide bonds. The molecule has 20 heavy (non-hydrogen) atoms. The highest BCUT2D eigenvalue weighted by Crippen LogP contribution is 2.39. The van der Waals surface area contributed by atoms with Crippen LogP contribution in [0.2, 0.25) is 0 Å².